The molecule has 2 saturated carbocycles. The van der Waals surface area contributed by atoms with Gasteiger partial charge < -0.3 is 10.1 Å². The van der Waals surface area contributed by atoms with Crippen molar-refractivity contribution < 1.29 is 17.9 Å². The van der Waals surface area contributed by atoms with E-state index in [2.05, 4.69) is 19.2 Å². The van der Waals surface area contributed by atoms with E-state index in [1.54, 1.807) is 0 Å². The molecule has 0 spiro atoms. The molecule has 0 unspecified atom stereocenters. The van der Waals surface area contributed by atoms with Gasteiger partial charge in [-0.05, 0) is 51.4 Å². The van der Waals surface area contributed by atoms with Crippen LogP contribution in [-0.4, -0.2) is 31.9 Å². The molecule has 3 atom stereocenters. The third-order valence-electron chi connectivity index (χ3n) is 5.54. The van der Waals surface area contributed by atoms with Crippen LogP contribution in [0.25, 0.3) is 0 Å². The number of nitrogens with one attached hydrogen (secondary N) is 1. The minimum absolute atomic E-state index is 0.128. The van der Waals surface area contributed by atoms with Gasteiger partial charge in [0, 0.05) is 11.0 Å². The van der Waals surface area contributed by atoms with Gasteiger partial charge in [-0.3, -0.25) is 0 Å². The van der Waals surface area contributed by atoms with E-state index in [0.717, 1.165) is 12.8 Å². The second kappa shape index (κ2) is 5.09. The molecular weight excluding hydrogens is 304 g/mol. The van der Waals surface area contributed by atoms with Gasteiger partial charge in [0.05, 0.1) is 5.75 Å². The topological polar surface area (TPSA) is 98.5 Å². The minimum Gasteiger partial charge on any atom is -0.446 e. The van der Waals surface area contributed by atoms with Gasteiger partial charge in [-0.15, -0.1) is 0 Å². The van der Waals surface area contributed by atoms with Gasteiger partial charge in [-0.2, -0.15) is 0 Å². The minimum atomic E-state index is -3.64. The van der Waals surface area contributed by atoms with E-state index in [9.17, 15) is 13.2 Å². The molecule has 0 saturated heterocycles. The summed E-state index contributed by atoms with van der Waals surface area (Å²) < 4.78 is 29.1. The fourth-order valence-electron chi connectivity index (χ4n) is 4.33. The Morgan fingerprint density at radius 1 is 1.36 bits per heavy atom. The first-order valence-corrected chi connectivity index (χ1v) is 9.48. The number of carbonyl (C=O) groups excluding carboxylic acids is 1. The second-order valence-corrected chi connectivity index (χ2v) is 10.0. The van der Waals surface area contributed by atoms with Gasteiger partial charge in [0.15, 0.2) is 0 Å². The Balaban J connectivity index is 2.23. The van der Waals surface area contributed by atoms with Crippen LogP contribution in [0.1, 0.15) is 53.9 Å². The Kier molecular flexibility index (Phi) is 4.06. The van der Waals surface area contributed by atoms with Crippen molar-refractivity contribution in [3.8, 4) is 0 Å². The van der Waals surface area contributed by atoms with Gasteiger partial charge >= 0.3 is 6.09 Å². The van der Waals surface area contributed by atoms with E-state index in [0.29, 0.717) is 12.3 Å². The highest BCUT2D eigenvalue weighted by Gasteiger charge is 2.66. The molecule has 0 radical (unpaired) electrons. The van der Waals surface area contributed by atoms with Crippen LogP contribution in [0.4, 0.5) is 4.79 Å². The maximum Gasteiger partial charge on any atom is 0.407 e. The van der Waals surface area contributed by atoms with Crippen molar-refractivity contribution in [1.82, 2.24) is 5.32 Å². The third kappa shape index (κ3) is 3.11. The fraction of sp³-hybridized carbons (Fsp3) is 0.933. The van der Waals surface area contributed by atoms with Crippen molar-refractivity contribution in [3.05, 3.63) is 0 Å². The molecule has 7 heteroatoms. The normalized spacial score (nSPS) is 33.7. The van der Waals surface area contributed by atoms with Crippen molar-refractivity contribution in [3.63, 3.8) is 0 Å². The zero-order valence-electron chi connectivity index (χ0n) is 14.1. The lowest BCUT2D eigenvalue weighted by molar-refractivity contribution is -0.00423. The lowest BCUT2D eigenvalue weighted by atomic mass is 9.69. The first-order valence-electron chi connectivity index (χ1n) is 7.76. The summed E-state index contributed by atoms with van der Waals surface area (Å²) >= 11 is 0. The monoisotopic (exact) mass is 332 g/mol. The predicted octanol–water partition coefficient (Wildman–Crippen LogP) is 1.99. The van der Waals surface area contributed by atoms with Crippen LogP contribution in [0.2, 0.25) is 0 Å². The van der Waals surface area contributed by atoms with Crippen molar-refractivity contribution in [2.45, 2.75) is 65.5 Å². The molecule has 0 aromatic heterocycles. The van der Waals surface area contributed by atoms with E-state index in [1.165, 1.54) is 0 Å². The van der Waals surface area contributed by atoms with Crippen LogP contribution in [0, 0.1) is 16.7 Å². The lowest BCUT2D eigenvalue weighted by Gasteiger charge is -2.41. The molecule has 0 aromatic carbocycles. The first-order chi connectivity index (χ1) is 9.77. The zero-order chi connectivity index (χ0) is 17.0. The Hall–Kier alpha value is -0.820. The Labute approximate surface area is 133 Å². The number of hydrogen-bond donors (Lipinski definition) is 2. The average molecular weight is 332 g/mol. The van der Waals surface area contributed by atoms with E-state index in [4.69, 9.17) is 9.88 Å². The van der Waals surface area contributed by atoms with Gasteiger partial charge in [0.2, 0.25) is 10.0 Å². The number of hydrogen-bond acceptors (Lipinski definition) is 4. The summed E-state index contributed by atoms with van der Waals surface area (Å²) in [7, 11) is -3.64. The molecule has 2 rings (SSSR count). The number of ether oxygens (including phenoxy) is 1. The van der Waals surface area contributed by atoms with E-state index < -0.39 is 33.2 Å². The number of amides is 1. The van der Waals surface area contributed by atoms with Crippen LogP contribution in [0.15, 0.2) is 0 Å². The summed E-state index contributed by atoms with van der Waals surface area (Å²) in [6, 6.07) is 0. The summed E-state index contributed by atoms with van der Waals surface area (Å²) in [6.07, 6.45) is 1.51. The van der Waals surface area contributed by atoms with Crippen LogP contribution < -0.4 is 10.5 Å². The molecule has 128 valence electrons. The molecule has 3 N–H and O–H groups in total. The van der Waals surface area contributed by atoms with Gasteiger partial charge in [-0.1, -0.05) is 13.8 Å². The molecular formula is C15H28N2O4S. The van der Waals surface area contributed by atoms with Crippen LogP contribution in [-0.2, 0) is 14.8 Å². The Bertz CT molecular complexity index is 565. The average Bonchev–Trinajstić information content (AvgIpc) is 2.57. The van der Waals surface area contributed by atoms with Gasteiger partial charge in [-0.25, -0.2) is 18.4 Å². The van der Waals surface area contributed by atoms with Crippen LogP contribution in [0.5, 0.6) is 0 Å². The lowest BCUT2D eigenvalue weighted by Crippen LogP contribution is -2.50. The van der Waals surface area contributed by atoms with E-state index in [1.807, 2.05) is 20.8 Å². The molecule has 2 aliphatic carbocycles. The van der Waals surface area contributed by atoms with Crippen LogP contribution in [0.3, 0.4) is 0 Å². The van der Waals surface area contributed by atoms with Crippen molar-refractivity contribution >= 4 is 16.1 Å². The van der Waals surface area contributed by atoms with Crippen LogP contribution >= 0.6 is 0 Å². The smallest absolute Gasteiger partial charge is 0.407 e. The number of sulfonamides is 1. The number of nitrogens with two attached hydrogens (primary N) is 1. The quantitative estimate of drug-likeness (QED) is 0.825. The standard InChI is InChI=1S/C15H28N2O4S/c1-13(2,3)17-12(18)21-11-8-10-6-7-15(11,14(10,4)5)9-22(16,19)20/h10-11H,6-9H2,1-5H3,(H,17,18)(H2,16,19,20)/t10-,11-,15+/m0/s1. The molecule has 22 heavy (non-hydrogen) atoms. The summed E-state index contributed by atoms with van der Waals surface area (Å²) in [6.45, 7) is 9.76. The Morgan fingerprint density at radius 3 is 2.41 bits per heavy atom. The predicted molar refractivity (Wildman–Crippen MR) is 84.7 cm³/mol. The number of primary sulfonamides is 1. The maximum atomic E-state index is 12.1. The maximum absolute atomic E-state index is 12.1. The number of alkyl carbamates (subject to hydrolysis) is 1. The summed E-state index contributed by atoms with van der Waals surface area (Å²) in [5, 5.41) is 8.10. The number of carbonyl (C=O) groups is 1. The van der Waals surface area contributed by atoms with Gasteiger partial charge in [0.1, 0.15) is 6.10 Å². The first kappa shape index (κ1) is 17.5. The van der Waals surface area contributed by atoms with Crippen molar-refractivity contribution in [2.75, 3.05) is 5.75 Å². The van der Waals surface area contributed by atoms with Crippen molar-refractivity contribution in [1.29, 1.82) is 0 Å². The molecule has 0 aliphatic heterocycles. The summed E-state index contributed by atoms with van der Waals surface area (Å²) in [5.74, 6) is 0.235. The number of rotatable bonds is 3. The molecule has 1 amide bonds. The fourth-order valence-corrected chi connectivity index (χ4v) is 5.75. The highest BCUT2D eigenvalue weighted by atomic mass is 32.2. The zero-order valence-corrected chi connectivity index (χ0v) is 14.9. The summed E-state index contributed by atoms with van der Waals surface area (Å²) in [4.78, 5) is 12.1. The third-order valence-corrected chi connectivity index (χ3v) is 6.46. The van der Waals surface area contributed by atoms with E-state index in [-0.39, 0.29) is 11.2 Å². The van der Waals surface area contributed by atoms with E-state index >= 15 is 0 Å². The molecule has 2 fully saturated rings. The van der Waals surface area contributed by atoms with Gasteiger partial charge in [0.25, 0.3) is 0 Å². The molecule has 0 heterocycles. The highest BCUT2D eigenvalue weighted by Crippen LogP contribution is 2.66. The van der Waals surface area contributed by atoms with Crippen molar-refractivity contribution in [2.24, 2.45) is 21.9 Å². The Morgan fingerprint density at radius 2 is 1.95 bits per heavy atom. The molecule has 2 aliphatic rings. The second-order valence-electron chi connectivity index (χ2n) is 8.43. The molecule has 0 aromatic rings. The SMILES string of the molecule is CC(C)(C)NC(=O)O[C@H]1C[C@@H]2CC[C@]1(CS(N)(=O)=O)C2(C)C. The molecule has 6 nitrogen and oxygen atoms in total. The highest BCUT2D eigenvalue weighted by molar-refractivity contribution is 7.89. The largest absolute Gasteiger partial charge is 0.446 e. The summed E-state index contributed by atoms with van der Waals surface area (Å²) in [5.41, 5.74) is -1.18. The molecule has 2 bridgehead atoms. The number of fused-ring (bicyclic) bond motifs is 2.